The molecule has 0 spiro atoms. The number of anilines is 1. The first-order chi connectivity index (χ1) is 10.3. The Hall–Kier alpha value is -2.49. The number of amides is 1. The fraction of sp³-hybridized carbons (Fsp3) is 0.250. The van der Waals surface area contributed by atoms with Crippen LogP contribution in [0, 0.1) is 5.82 Å². The Labute approximate surface area is 121 Å². The molecule has 0 aliphatic rings. The molecule has 0 unspecified atom stereocenters. The predicted molar refractivity (Wildman–Crippen MR) is 65.2 cm³/mol. The van der Waals surface area contributed by atoms with E-state index in [4.69, 9.17) is 0 Å². The van der Waals surface area contributed by atoms with Crippen LogP contribution in [0.1, 0.15) is 5.89 Å². The number of alkyl halides is 3. The fourth-order valence-corrected chi connectivity index (χ4v) is 1.53. The Morgan fingerprint density at radius 3 is 2.68 bits per heavy atom. The van der Waals surface area contributed by atoms with Gasteiger partial charge in [0.05, 0.1) is 5.69 Å². The first-order valence-electron chi connectivity index (χ1n) is 5.81. The van der Waals surface area contributed by atoms with Gasteiger partial charge in [0.2, 0.25) is 11.7 Å². The van der Waals surface area contributed by atoms with E-state index in [1.165, 1.54) is 19.2 Å². The van der Waals surface area contributed by atoms with Gasteiger partial charge in [0.1, 0.15) is 12.4 Å². The number of benzene rings is 1. The standard InChI is InChI=1S/C12H9F4N3O3/c1-21-5-9(20)17-8-3-2-6(4-7(8)13)10-18-11(22-19-10)12(14,15)16/h2-4H,5H2,1H3,(H,17,20). The number of carbonyl (C=O) groups is 1. The maximum absolute atomic E-state index is 13.8. The monoisotopic (exact) mass is 319 g/mol. The normalized spacial score (nSPS) is 11.5. The molecule has 0 bridgehead atoms. The molecule has 2 rings (SSSR count). The number of hydrogen-bond acceptors (Lipinski definition) is 5. The van der Waals surface area contributed by atoms with Crippen LogP contribution in [0.3, 0.4) is 0 Å². The molecule has 6 nitrogen and oxygen atoms in total. The Morgan fingerprint density at radius 1 is 1.41 bits per heavy atom. The molecule has 118 valence electrons. The smallest absolute Gasteiger partial charge is 0.375 e. The van der Waals surface area contributed by atoms with Crippen LogP contribution >= 0.6 is 0 Å². The van der Waals surface area contributed by atoms with Crippen LogP contribution in [0.4, 0.5) is 23.2 Å². The average molecular weight is 319 g/mol. The summed E-state index contributed by atoms with van der Waals surface area (Å²) in [7, 11) is 1.30. The van der Waals surface area contributed by atoms with E-state index < -0.39 is 29.6 Å². The highest BCUT2D eigenvalue weighted by atomic mass is 19.4. The summed E-state index contributed by atoms with van der Waals surface area (Å²) in [5.74, 6) is -3.38. The van der Waals surface area contributed by atoms with E-state index in [2.05, 4.69) is 24.7 Å². The van der Waals surface area contributed by atoms with Gasteiger partial charge in [-0.15, -0.1) is 0 Å². The maximum Gasteiger partial charge on any atom is 0.471 e. The van der Waals surface area contributed by atoms with E-state index in [0.717, 1.165) is 6.07 Å². The highest BCUT2D eigenvalue weighted by molar-refractivity contribution is 5.92. The Balaban J connectivity index is 2.22. The number of halogens is 4. The van der Waals surface area contributed by atoms with E-state index in [0.29, 0.717) is 0 Å². The van der Waals surface area contributed by atoms with Crippen molar-refractivity contribution in [2.24, 2.45) is 0 Å². The molecule has 0 fully saturated rings. The minimum Gasteiger partial charge on any atom is -0.375 e. The molecule has 0 aliphatic carbocycles. The number of nitrogens with one attached hydrogen (secondary N) is 1. The van der Waals surface area contributed by atoms with E-state index in [1.807, 2.05) is 0 Å². The number of ether oxygens (including phenoxy) is 1. The second-order valence-corrected chi connectivity index (χ2v) is 4.10. The molecule has 10 heteroatoms. The van der Waals surface area contributed by atoms with Gasteiger partial charge in [-0.1, -0.05) is 5.16 Å². The summed E-state index contributed by atoms with van der Waals surface area (Å²) < 4.78 is 59.5. The summed E-state index contributed by atoms with van der Waals surface area (Å²) in [5, 5.41) is 5.37. The topological polar surface area (TPSA) is 77.2 Å². The van der Waals surface area contributed by atoms with E-state index in [-0.39, 0.29) is 17.9 Å². The van der Waals surface area contributed by atoms with Crippen LogP contribution in [0.5, 0.6) is 0 Å². The SMILES string of the molecule is COCC(=O)Nc1ccc(-c2noc(C(F)(F)F)n2)cc1F. The molecule has 22 heavy (non-hydrogen) atoms. The number of aromatic nitrogens is 2. The van der Waals surface area contributed by atoms with Gasteiger partial charge in [0.25, 0.3) is 0 Å². The zero-order valence-corrected chi connectivity index (χ0v) is 11.1. The van der Waals surface area contributed by atoms with E-state index >= 15 is 0 Å². The molecule has 0 saturated carbocycles. The third kappa shape index (κ3) is 3.58. The van der Waals surface area contributed by atoms with Crippen molar-refractivity contribution >= 4 is 11.6 Å². The molecular formula is C12H9F4N3O3. The number of carbonyl (C=O) groups excluding carboxylic acids is 1. The van der Waals surface area contributed by atoms with Crippen molar-refractivity contribution in [3.05, 3.63) is 29.9 Å². The molecule has 0 radical (unpaired) electrons. The Bertz CT molecular complexity index is 684. The lowest BCUT2D eigenvalue weighted by atomic mass is 10.2. The quantitative estimate of drug-likeness (QED) is 0.876. The lowest BCUT2D eigenvalue weighted by Crippen LogP contribution is -2.17. The molecule has 1 aromatic carbocycles. The maximum atomic E-state index is 13.8. The molecule has 1 N–H and O–H groups in total. The van der Waals surface area contributed by atoms with Crippen LogP contribution in [0.15, 0.2) is 22.7 Å². The number of rotatable bonds is 4. The molecule has 2 aromatic rings. The summed E-state index contributed by atoms with van der Waals surface area (Å²) in [6.45, 7) is -0.263. The third-order valence-corrected chi connectivity index (χ3v) is 2.45. The van der Waals surface area contributed by atoms with Crippen molar-refractivity contribution in [3.63, 3.8) is 0 Å². The molecule has 1 aromatic heterocycles. The van der Waals surface area contributed by atoms with Gasteiger partial charge in [-0.05, 0) is 18.2 Å². The fourth-order valence-electron chi connectivity index (χ4n) is 1.53. The summed E-state index contributed by atoms with van der Waals surface area (Å²) in [6.07, 6.45) is -4.78. The first kappa shape index (κ1) is 15.9. The van der Waals surface area contributed by atoms with Gasteiger partial charge < -0.3 is 14.6 Å². The summed E-state index contributed by atoms with van der Waals surface area (Å²) >= 11 is 0. The van der Waals surface area contributed by atoms with Crippen molar-refractivity contribution in [2.45, 2.75) is 6.18 Å². The molecule has 1 amide bonds. The largest absolute Gasteiger partial charge is 0.471 e. The minimum absolute atomic E-state index is 0.0264. The van der Waals surface area contributed by atoms with Gasteiger partial charge >= 0.3 is 12.1 Å². The molecule has 0 aliphatic heterocycles. The highest BCUT2D eigenvalue weighted by Gasteiger charge is 2.38. The van der Waals surface area contributed by atoms with Gasteiger partial charge in [0, 0.05) is 12.7 Å². The van der Waals surface area contributed by atoms with Crippen LogP contribution in [0.2, 0.25) is 0 Å². The van der Waals surface area contributed by atoms with Crippen molar-refractivity contribution in [2.75, 3.05) is 19.0 Å². The molecule has 0 atom stereocenters. The molecule has 0 saturated heterocycles. The Morgan fingerprint density at radius 2 is 2.14 bits per heavy atom. The van der Waals surface area contributed by atoms with Crippen molar-refractivity contribution in [3.8, 4) is 11.4 Å². The van der Waals surface area contributed by atoms with Crippen molar-refractivity contribution in [1.29, 1.82) is 0 Å². The third-order valence-electron chi connectivity index (χ3n) is 2.45. The number of hydrogen-bond donors (Lipinski definition) is 1. The number of nitrogens with zero attached hydrogens (tertiary/aromatic N) is 2. The minimum atomic E-state index is -4.78. The Kier molecular flexibility index (Phi) is 4.40. The van der Waals surface area contributed by atoms with Crippen LogP contribution in [0.25, 0.3) is 11.4 Å². The van der Waals surface area contributed by atoms with Crippen LogP contribution in [-0.4, -0.2) is 29.8 Å². The second-order valence-electron chi connectivity index (χ2n) is 4.10. The summed E-state index contributed by atoms with van der Waals surface area (Å²) in [6, 6.07) is 3.30. The predicted octanol–water partition coefficient (Wildman–Crippen LogP) is 2.48. The van der Waals surface area contributed by atoms with Crippen molar-refractivity contribution in [1.82, 2.24) is 10.1 Å². The number of methoxy groups -OCH3 is 1. The van der Waals surface area contributed by atoms with E-state index in [1.54, 1.807) is 0 Å². The summed E-state index contributed by atoms with van der Waals surface area (Å²) in [4.78, 5) is 14.4. The van der Waals surface area contributed by atoms with Gasteiger partial charge in [-0.25, -0.2) is 4.39 Å². The van der Waals surface area contributed by atoms with Crippen molar-refractivity contribution < 1.29 is 31.6 Å². The highest BCUT2D eigenvalue weighted by Crippen LogP contribution is 2.30. The first-order valence-corrected chi connectivity index (χ1v) is 5.81. The van der Waals surface area contributed by atoms with Gasteiger partial charge in [-0.2, -0.15) is 18.2 Å². The van der Waals surface area contributed by atoms with Crippen LogP contribution < -0.4 is 5.32 Å². The lowest BCUT2D eigenvalue weighted by molar-refractivity contribution is -0.159. The van der Waals surface area contributed by atoms with E-state index in [9.17, 15) is 22.4 Å². The van der Waals surface area contributed by atoms with Gasteiger partial charge in [0.15, 0.2) is 0 Å². The van der Waals surface area contributed by atoms with Crippen LogP contribution in [-0.2, 0) is 15.7 Å². The zero-order chi connectivity index (χ0) is 16.3. The lowest BCUT2D eigenvalue weighted by Gasteiger charge is -2.06. The van der Waals surface area contributed by atoms with Gasteiger partial charge in [-0.3, -0.25) is 4.79 Å². The summed E-state index contributed by atoms with van der Waals surface area (Å²) in [5.41, 5.74) is -0.174. The average Bonchev–Trinajstić information content (AvgIpc) is 2.91. The molecule has 1 heterocycles. The zero-order valence-electron chi connectivity index (χ0n) is 11.1. The second kappa shape index (κ2) is 6.10. The molecular weight excluding hydrogens is 310 g/mol.